The van der Waals surface area contributed by atoms with Gasteiger partial charge in [0, 0.05) is 27.1 Å². The second-order valence-corrected chi connectivity index (χ2v) is 21.2. The first-order chi connectivity index (χ1) is 36.5. The summed E-state index contributed by atoms with van der Waals surface area (Å²) in [6.07, 6.45) is -4.92. The lowest BCUT2D eigenvalue weighted by molar-refractivity contribution is -0.137. The molecule has 370 valence electrons. The van der Waals surface area contributed by atoms with Crippen LogP contribution in [-0.4, -0.2) is 9.13 Å². The van der Waals surface area contributed by atoms with Gasteiger partial charge in [0.2, 0.25) is 0 Å². The smallest absolute Gasteiger partial charge is 0.309 e. The highest BCUT2D eigenvalue weighted by Gasteiger charge is 2.40. The molecule has 2 heterocycles. The summed E-state index contributed by atoms with van der Waals surface area (Å²) < 4.78 is 56.5. The number of aryl methyl sites for hydroxylation is 8. The Morgan fingerprint density at radius 1 is 0.342 bits per heavy atom. The molecule has 0 aliphatic rings. The predicted molar refractivity (Wildman–Crippen MR) is 310 cm³/mol. The molecular formula is C70H54F3N3. The molecule has 0 radical (unpaired) electrons. The zero-order valence-electron chi connectivity index (χ0n) is 43.8. The van der Waals surface area contributed by atoms with Crippen LogP contribution in [0.4, 0.5) is 13.2 Å². The molecule has 0 saturated carbocycles. The van der Waals surface area contributed by atoms with E-state index in [1.807, 2.05) is 21.3 Å². The van der Waals surface area contributed by atoms with Crippen LogP contribution in [0.3, 0.4) is 0 Å². The molecule has 3 nitrogen and oxygen atoms in total. The Kier molecular flexibility index (Phi) is 11.5. The van der Waals surface area contributed by atoms with Gasteiger partial charge >= 0.3 is 6.18 Å². The van der Waals surface area contributed by atoms with Gasteiger partial charge in [0.1, 0.15) is 5.56 Å². The van der Waals surface area contributed by atoms with Crippen LogP contribution in [0.25, 0.3) is 111 Å². The van der Waals surface area contributed by atoms with Crippen LogP contribution >= 0.6 is 0 Å². The van der Waals surface area contributed by atoms with E-state index in [4.69, 9.17) is 0 Å². The van der Waals surface area contributed by atoms with Crippen molar-refractivity contribution in [1.29, 1.82) is 5.26 Å². The Hall–Kier alpha value is -8.92. The van der Waals surface area contributed by atoms with Crippen LogP contribution in [0.15, 0.2) is 182 Å². The molecule has 0 fully saturated rings. The van der Waals surface area contributed by atoms with Gasteiger partial charge < -0.3 is 9.13 Å². The van der Waals surface area contributed by atoms with Crippen LogP contribution in [0.5, 0.6) is 0 Å². The summed E-state index contributed by atoms with van der Waals surface area (Å²) in [6, 6.07) is 62.9. The zero-order chi connectivity index (χ0) is 52.9. The van der Waals surface area contributed by atoms with Gasteiger partial charge in [-0.15, -0.1) is 0 Å². The Bertz CT molecular complexity index is 4140. The molecule has 0 unspecified atom stereocenters. The number of benzene rings is 10. The minimum atomic E-state index is -4.92. The second kappa shape index (κ2) is 18.2. The highest BCUT2D eigenvalue weighted by Crippen LogP contribution is 2.49. The number of aromatic nitrogens is 2. The minimum Gasteiger partial charge on any atom is -0.309 e. The van der Waals surface area contributed by atoms with Crippen molar-refractivity contribution in [3.05, 3.63) is 238 Å². The lowest BCUT2D eigenvalue weighted by Gasteiger charge is -2.25. The summed E-state index contributed by atoms with van der Waals surface area (Å²) >= 11 is 0. The van der Waals surface area contributed by atoms with Gasteiger partial charge in [-0.05, 0) is 148 Å². The Balaban J connectivity index is 1.27. The first kappa shape index (κ1) is 48.0. The molecule has 76 heavy (non-hydrogen) atoms. The Morgan fingerprint density at radius 3 is 1.01 bits per heavy atom. The van der Waals surface area contributed by atoms with E-state index in [1.165, 1.54) is 0 Å². The van der Waals surface area contributed by atoms with Crippen molar-refractivity contribution in [2.75, 3.05) is 0 Å². The fourth-order valence-corrected chi connectivity index (χ4v) is 12.1. The second-order valence-electron chi connectivity index (χ2n) is 21.2. The number of rotatable bonds is 7. The molecule has 0 amide bonds. The number of halogens is 3. The van der Waals surface area contributed by atoms with E-state index in [0.29, 0.717) is 38.8 Å². The van der Waals surface area contributed by atoms with Gasteiger partial charge in [0.05, 0.1) is 45.1 Å². The molecule has 0 spiro atoms. The quantitative estimate of drug-likeness (QED) is 0.157. The first-order valence-corrected chi connectivity index (χ1v) is 25.7. The van der Waals surface area contributed by atoms with Gasteiger partial charge in [-0.1, -0.05) is 184 Å². The predicted octanol–water partition coefficient (Wildman–Crippen LogP) is 19.6. The third-order valence-electron chi connectivity index (χ3n) is 15.0. The first-order valence-electron chi connectivity index (χ1n) is 25.7. The summed E-state index contributed by atoms with van der Waals surface area (Å²) in [4.78, 5) is 0. The molecule has 2 aromatic heterocycles. The molecule has 6 heteroatoms. The maximum Gasteiger partial charge on any atom is 0.420 e. The average Bonchev–Trinajstić information content (AvgIpc) is 3.95. The van der Waals surface area contributed by atoms with Gasteiger partial charge in [0.15, 0.2) is 0 Å². The molecule has 12 rings (SSSR count). The van der Waals surface area contributed by atoms with E-state index in [0.717, 1.165) is 111 Å². The van der Waals surface area contributed by atoms with E-state index < -0.39 is 11.7 Å². The maximum absolute atomic E-state index is 17.6. The van der Waals surface area contributed by atoms with Crippen LogP contribution in [-0.2, 0) is 6.18 Å². The lowest BCUT2D eigenvalue weighted by atomic mass is 9.95. The third-order valence-corrected chi connectivity index (χ3v) is 15.0. The van der Waals surface area contributed by atoms with Crippen molar-refractivity contribution >= 4 is 43.6 Å². The fourth-order valence-electron chi connectivity index (χ4n) is 12.1. The van der Waals surface area contributed by atoms with Crippen molar-refractivity contribution < 1.29 is 13.2 Å². The van der Waals surface area contributed by atoms with Gasteiger partial charge in [0.25, 0.3) is 0 Å². The van der Waals surface area contributed by atoms with E-state index in [2.05, 4.69) is 207 Å². The van der Waals surface area contributed by atoms with Crippen LogP contribution in [0.1, 0.15) is 55.6 Å². The van der Waals surface area contributed by atoms with Crippen molar-refractivity contribution in [3.8, 4) is 73.1 Å². The fraction of sp³-hybridized carbons (Fsp3) is 0.129. The van der Waals surface area contributed by atoms with E-state index in [1.54, 1.807) is 24.3 Å². The number of fused-ring (bicyclic) bond motifs is 6. The van der Waals surface area contributed by atoms with Crippen LogP contribution < -0.4 is 0 Å². The van der Waals surface area contributed by atoms with E-state index in [9.17, 15) is 5.26 Å². The molecule has 0 N–H and O–H groups in total. The summed E-state index contributed by atoms with van der Waals surface area (Å²) in [5.41, 5.74) is 19.1. The average molecular weight is 994 g/mol. The van der Waals surface area contributed by atoms with Crippen molar-refractivity contribution in [2.24, 2.45) is 0 Å². The largest absolute Gasteiger partial charge is 0.420 e. The molecule has 12 aromatic rings. The van der Waals surface area contributed by atoms with E-state index >= 15 is 13.2 Å². The van der Waals surface area contributed by atoms with Gasteiger partial charge in [-0.3, -0.25) is 0 Å². The minimum absolute atomic E-state index is 0.0104. The summed E-state index contributed by atoms with van der Waals surface area (Å²) in [5.74, 6) is 0. The Morgan fingerprint density at radius 2 is 0.684 bits per heavy atom. The normalized spacial score (nSPS) is 11.9. The highest BCUT2D eigenvalue weighted by molar-refractivity contribution is 6.13. The number of hydrogen-bond acceptors (Lipinski definition) is 1. The van der Waals surface area contributed by atoms with Crippen LogP contribution in [0.2, 0.25) is 0 Å². The van der Waals surface area contributed by atoms with Crippen molar-refractivity contribution in [2.45, 2.75) is 61.6 Å². The SMILES string of the molecule is Cc1cc(C)cc(-c2ccc3c4ccc(-c5cc(C)cc(C)c5)cc4n(-c4ccc(-c5cccc(C#N)c5)c(-n5c6cc(-c7cc(C)cc(C)c7)ccc6c6ccc(-c7cc(C)cc(C)c7)cc65)c4C(F)(F)F)c3c2)c1. The topological polar surface area (TPSA) is 33.6 Å². The molecular weight excluding hydrogens is 940 g/mol. The van der Waals surface area contributed by atoms with Crippen molar-refractivity contribution in [3.63, 3.8) is 0 Å². The van der Waals surface area contributed by atoms with E-state index in [-0.39, 0.29) is 11.4 Å². The number of nitrogens with zero attached hydrogens (tertiary/aromatic N) is 3. The maximum atomic E-state index is 17.6. The molecule has 0 bridgehead atoms. The third kappa shape index (κ3) is 8.43. The van der Waals surface area contributed by atoms with Gasteiger partial charge in [-0.25, -0.2) is 0 Å². The highest BCUT2D eigenvalue weighted by atomic mass is 19.4. The Labute approximate surface area is 441 Å². The summed E-state index contributed by atoms with van der Waals surface area (Å²) in [6.45, 7) is 16.5. The number of hydrogen-bond donors (Lipinski definition) is 0. The summed E-state index contributed by atoms with van der Waals surface area (Å²) in [5, 5.41) is 13.6. The van der Waals surface area contributed by atoms with Crippen LogP contribution in [0, 0.1) is 66.7 Å². The monoisotopic (exact) mass is 993 g/mol. The molecule has 0 saturated heterocycles. The molecule has 0 aliphatic heterocycles. The number of nitriles is 1. The lowest BCUT2D eigenvalue weighted by Crippen LogP contribution is -2.17. The standard InChI is InChI=1S/C70H54F3N3/c1-40-22-41(2)27-54(26-40)49-12-16-59-60-17-13-50(55-28-42(3)23-43(4)29-55)36-65(60)75(64(59)35-49)63-21-20-58(53-11-9-10-48(34-53)39-74)69(68(63)70(71,72)73)76-66-37-51(56-30-44(5)24-45(6)31-56)14-18-61(66)62-19-15-52(38-67(62)76)57-32-46(7)25-47(8)33-57/h9-38H,1-8H3. The van der Waals surface area contributed by atoms with Crippen molar-refractivity contribution in [1.82, 2.24) is 9.13 Å². The van der Waals surface area contributed by atoms with Gasteiger partial charge in [-0.2, -0.15) is 18.4 Å². The number of alkyl halides is 3. The zero-order valence-corrected chi connectivity index (χ0v) is 43.8. The summed E-state index contributed by atoms with van der Waals surface area (Å²) in [7, 11) is 0. The molecule has 0 atom stereocenters. The molecule has 0 aliphatic carbocycles. The molecule has 10 aromatic carbocycles.